The van der Waals surface area contributed by atoms with Gasteiger partial charge in [-0.05, 0) is 31.4 Å². The molecule has 0 aliphatic heterocycles. The van der Waals surface area contributed by atoms with E-state index in [2.05, 4.69) is 9.97 Å². The van der Waals surface area contributed by atoms with Crippen LogP contribution in [0.1, 0.15) is 30.1 Å². The van der Waals surface area contributed by atoms with E-state index in [-0.39, 0.29) is 0 Å². The Balaban J connectivity index is 2.08. The molecular formula is C9H13N3. The zero-order valence-corrected chi connectivity index (χ0v) is 7.03. The smallest absolute Gasteiger partial charge is 0.131 e. The summed E-state index contributed by atoms with van der Waals surface area (Å²) in [6.07, 6.45) is 7.19. The van der Waals surface area contributed by atoms with E-state index in [0.717, 1.165) is 17.8 Å². The van der Waals surface area contributed by atoms with Crippen LogP contribution in [0.25, 0.3) is 0 Å². The molecule has 0 atom stereocenters. The van der Waals surface area contributed by atoms with Gasteiger partial charge in [0.05, 0.1) is 0 Å². The standard InChI is InChI=1S/C9H13N3/c10-4-3-7-5-11-9(12-6-7)8-1-2-8/h5-6,8H,1-4,10H2. The Morgan fingerprint density at radius 1 is 1.33 bits per heavy atom. The van der Waals surface area contributed by atoms with Crippen LogP contribution in [-0.2, 0) is 6.42 Å². The van der Waals surface area contributed by atoms with Crippen molar-refractivity contribution in [3.05, 3.63) is 23.8 Å². The van der Waals surface area contributed by atoms with Crippen LogP contribution in [0.15, 0.2) is 12.4 Å². The van der Waals surface area contributed by atoms with Crippen molar-refractivity contribution in [1.29, 1.82) is 0 Å². The molecule has 64 valence electrons. The first-order valence-electron chi connectivity index (χ1n) is 4.41. The molecule has 1 saturated carbocycles. The van der Waals surface area contributed by atoms with Gasteiger partial charge in [-0.3, -0.25) is 0 Å². The average Bonchev–Trinajstić information content (AvgIpc) is 2.89. The van der Waals surface area contributed by atoms with E-state index in [1.807, 2.05) is 12.4 Å². The first-order valence-corrected chi connectivity index (χ1v) is 4.41. The van der Waals surface area contributed by atoms with Crippen molar-refractivity contribution in [3.63, 3.8) is 0 Å². The summed E-state index contributed by atoms with van der Waals surface area (Å²) in [7, 11) is 0. The molecule has 0 bridgehead atoms. The molecule has 0 aromatic carbocycles. The molecule has 2 rings (SSSR count). The van der Waals surface area contributed by atoms with Crippen molar-refractivity contribution in [2.24, 2.45) is 5.73 Å². The fraction of sp³-hybridized carbons (Fsp3) is 0.556. The van der Waals surface area contributed by atoms with Crippen LogP contribution in [0.4, 0.5) is 0 Å². The molecule has 0 unspecified atom stereocenters. The van der Waals surface area contributed by atoms with Crippen molar-refractivity contribution in [1.82, 2.24) is 9.97 Å². The van der Waals surface area contributed by atoms with Gasteiger partial charge in [0.2, 0.25) is 0 Å². The topological polar surface area (TPSA) is 51.8 Å². The van der Waals surface area contributed by atoms with E-state index in [1.165, 1.54) is 12.8 Å². The second kappa shape index (κ2) is 3.19. The third-order valence-electron chi connectivity index (χ3n) is 2.10. The minimum atomic E-state index is 0.650. The first-order chi connectivity index (χ1) is 5.90. The third-order valence-corrected chi connectivity index (χ3v) is 2.10. The van der Waals surface area contributed by atoms with Gasteiger partial charge < -0.3 is 5.73 Å². The van der Waals surface area contributed by atoms with Crippen molar-refractivity contribution in [2.45, 2.75) is 25.2 Å². The molecular weight excluding hydrogens is 150 g/mol. The lowest BCUT2D eigenvalue weighted by Gasteiger charge is -1.98. The lowest BCUT2D eigenvalue weighted by Crippen LogP contribution is -2.04. The Bertz CT molecular complexity index is 251. The van der Waals surface area contributed by atoms with E-state index < -0.39 is 0 Å². The van der Waals surface area contributed by atoms with Crippen LogP contribution in [0.3, 0.4) is 0 Å². The van der Waals surface area contributed by atoms with Crippen molar-refractivity contribution in [3.8, 4) is 0 Å². The summed E-state index contributed by atoms with van der Waals surface area (Å²) in [4.78, 5) is 8.59. The van der Waals surface area contributed by atoms with E-state index in [1.54, 1.807) is 0 Å². The van der Waals surface area contributed by atoms with E-state index in [0.29, 0.717) is 12.5 Å². The highest BCUT2D eigenvalue weighted by atomic mass is 14.9. The maximum Gasteiger partial charge on any atom is 0.131 e. The fourth-order valence-corrected chi connectivity index (χ4v) is 1.21. The zero-order valence-electron chi connectivity index (χ0n) is 7.03. The van der Waals surface area contributed by atoms with Gasteiger partial charge in [0.15, 0.2) is 0 Å². The highest BCUT2D eigenvalue weighted by Crippen LogP contribution is 2.37. The van der Waals surface area contributed by atoms with Crippen LogP contribution in [0.5, 0.6) is 0 Å². The average molecular weight is 163 g/mol. The predicted octanol–water partition coefficient (Wildman–Crippen LogP) is 0.855. The Labute approximate surface area is 72.0 Å². The second-order valence-corrected chi connectivity index (χ2v) is 3.26. The van der Waals surface area contributed by atoms with Gasteiger partial charge in [0, 0.05) is 18.3 Å². The molecule has 1 fully saturated rings. The summed E-state index contributed by atoms with van der Waals surface area (Å²) in [6, 6.07) is 0. The molecule has 1 aromatic heterocycles. The summed E-state index contributed by atoms with van der Waals surface area (Å²) in [5.41, 5.74) is 6.56. The molecule has 0 saturated heterocycles. The maximum atomic E-state index is 5.42. The number of nitrogens with zero attached hydrogens (tertiary/aromatic N) is 2. The van der Waals surface area contributed by atoms with Crippen molar-refractivity contribution >= 4 is 0 Å². The number of hydrogen-bond acceptors (Lipinski definition) is 3. The van der Waals surface area contributed by atoms with Crippen LogP contribution >= 0.6 is 0 Å². The van der Waals surface area contributed by atoms with Gasteiger partial charge >= 0.3 is 0 Å². The summed E-state index contributed by atoms with van der Waals surface area (Å²) in [6.45, 7) is 0.673. The molecule has 0 spiro atoms. The van der Waals surface area contributed by atoms with E-state index in [9.17, 15) is 0 Å². The molecule has 1 aliphatic carbocycles. The van der Waals surface area contributed by atoms with Gasteiger partial charge in [-0.15, -0.1) is 0 Å². The monoisotopic (exact) mass is 163 g/mol. The van der Waals surface area contributed by atoms with Gasteiger partial charge in [-0.1, -0.05) is 0 Å². The minimum absolute atomic E-state index is 0.650. The van der Waals surface area contributed by atoms with Gasteiger partial charge in [-0.25, -0.2) is 9.97 Å². The summed E-state index contributed by atoms with van der Waals surface area (Å²) < 4.78 is 0. The number of rotatable bonds is 3. The van der Waals surface area contributed by atoms with Crippen molar-refractivity contribution < 1.29 is 0 Å². The Morgan fingerprint density at radius 2 is 2.00 bits per heavy atom. The molecule has 0 radical (unpaired) electrons. The molecule has 2 N–H and O–H groups in total. The maximum absolute atomic E-state index is 5.42. The summed E-state index contributed by atoms with van der Waals surface area (Å²) >= 11 is 0. The number of nitrogens with two attached hydrogens (primary N) is 1. The predicted molar refractivity (Wildman–Crippen MR) is 46.8 cm³/mol. The molecule has 0 amide bonds. The SMILES string of the molecule is NCCc1cnc(C2CC2)nc1. The molecule has 1 heterocycles. The van der Waals surface area contributed by atoms with Gasteiger partial charge in [0.25, 0.3) is 0 Å². The van der Waals surface area contributed by atoms with Crippen LogP contribution < -0.4 is 5.73 Å². The molecule has 3 heteroatoms. The number of hydrogen-bond donors (Lipinski definition) is 1. The third kappa shape index (κ3) is 1.61. The largest absolute Gasteiger partial charge is 0.330 e. The normalized spacial score (nSPS) is 16.4. The highest BCUT2D eigenvalue weighted by Gasteiger charge is 2.25. The van der Waals surface area contributed by atoms with E-state index in [4.69, 9.17) is 5.73 Å². The highest BCUT2D eigenvalue weighted by molar-refractivity contribution is 5.10. The fourth-order valence-electron chi connectivity index (χ4n) is 1.21. The van der Waals surface area contributed by atoms with Crippen LogP contribution in [-0.4, -0.2) is 16.5 Å². The molecule has 3 nitrogen and oxygen atoms in total. The molecule has 1 aromatic rings. The Hall–Kier alpha value is -0.960. The quantitative estimate of drug-likeness (QED) is 0.718. The van der Waals surface area contributed by atoms with Crippen molar-refractivity contribution in [2.75, 3.05) is 6.54 Å². The lowest BCUT2D eigenvalue weighted by atomic mass is 10.2. The van der Waals surface area contributed by atoms with Gasteiger partial charge in [0.1, 0.15) is 5.82 Å². The first kappa shape index (κ1) is 7.68. The van der Waals surface area contributed by atoms with Crippen LogP contribution in [0.2, 0.25) is 0 Å². The van der Waals surface area contributed by atoms with E-state index >= 15 is 0 Å². The lowest BCUT2D eigenvalue weighted by molar-refractivity contribution is 0.881. The van der Waals surface area contributed by atoms with Crippen LogP contribution in [0, 0.1) is 0 Å². The Kier molecular flexibility index (Phi) is 2.04. The Morgan fingerprint density at radius 3 is 2.50 bits per heavy atom. The molecule has 1 aliphatic rings. The second-order valence-electron chi connectivity index (χ2n) is 3.26. The summed E-state index contributed by atoms with van der Waals surface area (Å²) in [5, 5.41) is 0. The summed E-state index contributed by atoms with van der Waals surface area (Å²) in [5.74, 6) is 1.66. The minimum Gasteiger partial charge on any atom is -0.330 e. The zero-order chi connectivity index (χ0) is 8.39. The van der Waals surface area contributed by atoms with Gasteiger partial charge in [-0.2, -0.15) is 0 Å². The number of aromatic nitrogens is 2. The molecule has 12 heavy (non-hydrogen) atoms.